The molecule has 2 heterocycles. The Morgan fingerprint density at radius 1 is 0.969 bits per heavy atom. The molecular formula is C25H32N4O3. The fourth-order valence-electron chi connectivity index (χ4n) is 4.47. The molecule has 3 N–H and O–H groups in total. The van der Waals surface area contributed by atoms with E-state index >= 15 is 0 Å². The number of β-amino-alcohol motifs (C(OH)–C–C–N with tert-alkyl or cyclic N) is 1. The van der Waals surface area contributed by atoms with Gasteiger partial charge in [0.15, 0.2) is 0 Å². The first-order valence-electron chi connectivity index (χ1n) is 11.5. The second-order valence-electron chi connectivity index (χ2n) is 8.68. The minimum Gasteiger partial charge on any atom is -0.390 e. The topological polar surface area (TPSA) is 84.9 Å². The fourth-order valence-corrected chi connectivity index (χ4v) is 4.47. The van der Waals surface area contributed by atoms with Gasteiger partial charge in [0.25, 0.3) is 5.91 Å². The third-order valence-corrected chi connectivity index (χ3v) is 6.19. The van der Waals surface area contributed by atoms with Crippen molar-refractivity contribution in [3.63, 3.8) is 0 Å². The number of piperidine rings is 1. The Labute approximate surface area is 189 Å². The van der Waals surface area contributed by atoms with Crippen LogP contribution in [-0.2, 0) is 13.0 Å². The largest absolute Gasteiger partial charge is 0.390 e. The van der Waals surface area contributed by atoms with E-state index in [2.05, 4.69) is 33.7 Å². The van der Waals surface area contributed by atoms with Crippen LogP contribution < -0.4 is 10.6 Å². The second kappa shape index (κ2) is 10.6. The van der Waals surface area contributed by atoms with Crippen molar-refractivity contribution in [3.05, 3.63) is 65.2 Å². The van der Waals surface area contributed by atoms with Crippen molar-refractivity contribution in [1.29, 1.82) is 0 Å². The highest BCUT2D eigenvalue weighted by atomic mass is 16.3. The zero-order valence-electron chi connectivity index (χ0n) is 18.4. The SMILES string of the molecule is O=C(NCC(O)CN1CCc2ccccc2C1)Nc1cccc(C(=O)N2CCCCC2)c1. The summed E-state index contributed by atoms with van der Waals surface area (Å²) in [5, 5.41) is 15.9. The Morgan fingerprint density at radius 2 is 1.75 bits per heavy atom. The van der Waals surface area contributed by atoms with Crippen LogP contribution in [-0.4, -0.2) is 65.7 Å². The number of likely N-dealkylation sites (tertiary alicyclic amines) is 1. The van der Waals surface area contributed by atoms with Gasteiger partial charge in [-0.2, -0.15) is 0 Å². The maximum absolute atomic E-state index is 12.7. The number of aliphatic hydroxyl groups is 1. The highest BCUT2D eigenvalue weighted by Gasteiger charge is 2.20. The number of anilines is 1. The molecule has 0 aliphatic carbocycles. The van der Waals surface area contributed by atoms with Crippen LogP contribution in [0.25, 0.3) is 0 Å². The quantitative estimate of drug-likeness (QED) is 0.650. The molecule has 1 saturated heterocycles. The van der Waals surface area contributed by atoms with Crippen molar-refractivity contribution >= 4 is 17.6 Å². The van der Waals surface area contributed by atoms with Crippen LogP contribution in [0, 0.1) is 0 Å². The monoisotopic (exact) mass is 436 g/mol. The van der Waals surface area contributed by atoms with Crippen LogP contribution >= 0.6 is 0 Å². The maximum atomic E-state index is 12.7. The molecule has 0 spiro atoms. The number of urea groups is 1. The summed E-state index contributed by atoms with van der Waals surface area (Å²) in [6, 6.07) is 15.0. The molecular weight excluding hydrogens is 404 g/mol. The molecule has 2 aliphatic heterocycles. The van der Waals surface area contributed by atoms with E-state index in [1.807, 2.05) is 11.0 Å². The number of hydrogen-bond donors (Lipinski definition) is 3. The molecule has 0 radical (unpaired) electrons. The summed E-state index contributed by atoms with van der Waals surface area (Å²) in [6.45, 7) is 3.97. The highest BCUT2D eigenvalue weighted by Crippen LogP contribution is 2.19. The van der Waals surface area contributed by atoms with E-state index in [0.29, 0.717) is 17.8 Å². The third kappa shape index (κ3) is 5.87. The predicted octanol–water partition coefficient (Wildman–Crippen LogP) is 2.85. The van der Waals surface area contributed by atoms with Crippen LogP contribution in [0.15, 0.2) is 48.5 Å². The summed E-state index contributed by atoms with van der Waals surface area (Å²) in [4.78, 5) is 29.1. The number of carbonyl (C=O) groups excluding carboxylic acids is 2. The summed E-state index contributed by atoms with van der Waals surface area (Å²) in [5.74, 6) is 0.00675. The second-order valence-corrected chi connectivity index (χ2v) is 8.68. The Morgan fingerprint density at radius 3 is 2.56 bits per heavy atom. The molecule has 1 atom stereocenters. The molecule has 4 rings (SSSR count). The Bertz CT molecular complexity index is 942. The molecule has 170 valence electrons. The fraction of sp³-hybridized carbons (Fsp3) is 0.440. The molecule has 2 aromatic rings. The van der Waals surface area contributed by atoms with Crippen molar-refractivity contribution in [2.24, 2.45) is 0 Å². The van der Waals surface area contributed by atoms with Gasteiger partial charge in [0, 0.05) is 50.5 Å². The molecule has 3 amide bonds. The van der Waals surface area contributed by atoms with Gasteiger partial charge in [0.2, 0.25) is 0 Å². The van der Waals surface area contributed by atoms with E-state index in [1.165, 1.54) is 17.5 Å². The summed E-state index contributed by atoms with van der Waals surface area (Å²) in [5.41, 5.74) is 3.81. The van der Waals surface area contributed by atoms with E-state index < -0.39 is 12.1 Å². The van der Waals surface area contributed by atoms with E-state index in [-0.39, 0.29) is 12.5 Å². The number of nitrogens with one attached hydrogen (secondary N) is 2. The Balaban J connectivity index is 1.23. The van der Waals surface area contributed by atoms with Gasteiger partial charge < -0.3 is 20.6 Å². The molecule has 0 aromatic heterocycles. The van der Waals surface area contributed by atoms with Crippen molar-refractivity contribution in [1.82, 2.24) is 15.1 Å². The summed E-state index contributed by atoms with van der Waals surface area (Å²) in [6.07, 6.45) is 3.57. The van der Waals surface area contributed by atoms with E-state index in [4.69, 9.17) is 0 Å². The zero-order chi connectivity index (χ0) is 22.3. The van der Waals surface area contributed by atoms with Crippen molar-refractivity contribution in [3.8, 4) is 0 Å². The number of benzene rings is 2. The molecule has 2 aromatic carbocycles. The lowest BCUT2D eigenvalue weighted by molar-refractivity contribution is 0.0724. The molecule has 0 saturated carbocycles. The molecule has 2 aliphatic rings. The predicted molar refractivity (Wildman–Crippen MR) is 125 cm³/mol. The first-order chi connectivity index (χ1) is 15.6. The van der Waals surface area contributed by atoms with Gasteiger partial charge in [-0.15, -0.1) is 0 Å². The number of aliphatic hydroxyl groups excluding tert-OH is 1. The normalized spacial score (nSPS) is 17.3. The van der Waals surface area contributed by atoms with Crippen LogP contribution in [0.2, 0.25) is 0 Å². The number of amides is 3. The summed E-state index contributed by atoms with van der Waals surface area (Å²) in [7, 11) is 0. The van der Waals surface area contributed by atoms with E-state index in [9.17, 15) is 14.7 Å². The number of carbonyl (C=O) groups is 2. The molecule has 7 heteroatoms. The van der Waals surface area contributed by atoms with Crippen LogP contribution in [0.5, 0.6) is 0 Å². The van der Waals surface area contributed by atoms with Gasteiger partial charge in [-0.25, -0.2) is 4.79 Å². The smallest absolute Gasteiger partial charge is 0.319 e. The van der Waals surface area contributed by atoms with Crippen LogP contribution in [0.1, 0.15) is 40.7 Å². The third-order valence-electron chi connectivity index (χ3n) is 6.19. The average Bonchev–Trinajstić information content (AvgIpc) is 2.83. The van der Waals surface area contributed by atoms with Crippen molar-refractivity contribution < 1.29 is 14.7 Å². The van der Waals surface area contributed by atoms with Gasteiger partial charge in [-0.1, -0.05) is 30.3 Å². The van der Waals surface area contributed by atoms with E-state index in [0.717, 1.165) is 45.4 Å². The number of rotatable bonds is 6. The lowest BCUT2D eigenvalue weighted by atomic mass is 10.00. The van der Waals surface area contributed by atoms with Crippen molar-refractivity contribution in [2.45, 2.75) is 38.3 Å². The summed E-state index contributed by atoms with van der Waals surface area (Å²) >= 11 is 0. The van der Waals surface area contributed by atoms with Gasteiger partial charge >= 0.3 is 6.03 Å². The van der Waals surface area contributed by atoms with Crippen LogP contribution in [0.4, 0.5) is 10.5 Å². The van der Waals surface area contributed by atoms with Crippen molar-refractivity contribution in [2.75, 3.05) is 38.0 Å². The lowest BCUT2D eigenvalue weighted by Crippen LogP contribution is -2.43. The average molecular weight is 437 g/mol. The molecule has 0 bridgehead atoms. The Hall–Kier alpha value is -2.90. The maximum Gasteiger partial charge on any atom is 0.319 e. The molecule has 7 nitrogen and oxygen atoms in total. The first-order valence-corrected chi connectivity index (χ1v) is 11.5. The van der Waals surface area contributed by atoms with E-state index in [1.54, 1.807) is 24.3 Å². The highest BCUT2D eigenvalue weighted by molar-refractivity contribution is 5.97. The van der Waals surface area contributed by atoms with Gasteiger partial charge in [0.05, 0.1) is 6.10 Å². The number of fused-ring (bicyclic) bond motifs is 1. The van der Waals surface area contributed by atoms with Gasteiger partial charge in [-0.3, -0.25) is 9.69 Å². The Kier molecular flexibility index (Phi) is 7.39. The molecule has 1 fully saturated rings. The van der Waals surface area contributed by atoms with Gasteiger partial charge in [0.1, 0.15) is 0 Å². The van der Waals surface area contributed by atoms with Gasteiger partial charge in [-0.05, 0) is 55.0 Å². The number of hydrogen-bond acceptors (Lipinski definition) is 4. The van der Waals surface area contributed by atoms with Crippen LogP contribution in [0.3, 0.4) is 0 Å². The summed E-state index contributed by atoms with van der Waals surface area (Å²) < 4.78 is 0. The minimum absolute atomic E-state index is 0.00675. The molecule has 1 unspecified atom stereocenters. The zero-order valence-corrected chi connectivity index (χ0v) is 18.4. The molecule has 32 heavy (non-hydrogen) atoms. The standard InChI is InChI=1S/C25H32N4O3/c30-23(18-28-14-11-19-7-2-3-8-21(19)17-28)16-26-25(32)27-22-10-6-9-20(15-22)24(31)29-12-4-1-5-13-29/h2-3,6-10,15,23,30H,1,4-5,11-14,16-18H2,(H2,26,27,32). The number of nitrogens with zero attached hydrogens (tertiary/aromatic N) is 2. The lowest BCUT2D eigenvalue weighted by Gasteiger charge is -2.30. The first kappa shape index (κ1) is 22.3. The minimum atomic E-state index is -0.655.